The molecule has 0 fully saturated rings. The topological polar surface area (TPSA) is 75.3 Å². The molecule has 5 nitrogen and oxygen atoms in total. The fraction of sp³-hybridized carbons (Fsp3) is 0.121. The molecule has 2 N–H and O–H groups in total. The molecule has 0 heterocycles. The smallest absolute Gasteiger partial charge is 0.272 e. The second-order valence-corrected chi connectivity index (χ2v) is 10.9. The van der Waals surface area contributed by atoms with Crippen LogP contribution in [0.15, 0.2) is 114 Å². The minimum absolute atomic E-state index is 0.0200. The van der Waals surface area contributed by atoms with E-state index in [4.69, 9.17) is 11.6 Å². The van der Waals surface area contributed by atoms with E-state index in [9.17, 15) is 14.4 Å². The summed E-state index contributed by atoms with van der Waals surface area (Å²) in [4.78, 5) is 39.7. The van der Waals surface area contributed by atoms with Gasteiger partial charge in [0, 0.05) is 26.7 Å². The first kappa shape index (κ1) is 28.9. The molecule has 0 atom stereocenters. The van der Waals surface area contributed by atoms with E-state index in [2.05, 4.69) is 24.5 Å². The van der Waals surface area contributed by atoms with Gasteiger partial charge in [0.05, 0.1) is 5.75 Å². The van der Waals surface area contributed by atoms with Gasteiger partial charge in [0.1, 0.15) is 5.70 Å². The Morgan fingerprint density at radius 2 is 1.52 bits per heavy atom. The van der Waals surface area contributed by atoms with Gasteiger partial charge >= 0.3 is 0 Å². The summed E-state index contributed by atoms with van der Waals surface area (Å²) in [5, 5.41) is 6.22. The largest absolute Gasteiger partial charge is 0.321 e. The van der Waals surface area contributed by atoms with Crippen molar-refractivity contribution in [3.05, 3.63) is 136 Å². The van der Waals surface area contributed by atoms with E-state index in [1.807, 2.05) is 36.4 Å². The first-order valence-corrected chi connectivity index (χ1v) is 14.2. The number of carbonyl (C=O) groups is 3. The zero-order valence-electron chi connectivity index (χ0n) is 22.2. The third-order valence-electron chi connectivity index (χ3n) is 6.07. The van der Waals surface area contributed by atoms with Crippen molar-refractivity contribution in [2.75, 3.05) is 11.1 Å². The SMILES string of the molecule is CC(C)c1ccc(/C=C(\NC(=O)c2ccccc2)C(=O)Nc2cccc(SCC(=O)c3ccc(Cl)cc3)c2)cc1. The molecule has 7 heteroatoms. The highest BCUT2D eigenvalue weighted by molar-refractivity contribution is 8.00. The first-order valence-electron chi connectivity index (χ1n) is 12.8. The van der Waals surface area contributed by atoms with Gasteiger partial charge in [0.25, 0.3) is 11.8 Å². The van der Waals surface area contributed by atoms with Crippen molar-refractivity contribution in [2.24, 2.45) is 0 Å². The Hall–Kier alpha value is -4.13. The van der Waals surface area contributed by atoms with Crippen molar-refractivity contribution < 1.29 is 14.4 Å². The van der Waals surface area contributed by atoms with E-state index in [-0.39, 0.29) is 23.1 Å². The monoisotopic (exact) mass is 568 g/mol. The lowest BCUT2D eigenvalue weighted by molar-refractivity contribution is -0.113. The Labute approximate surface area is 243 Å². The van der Waals surface area contributed by atoms with E-state index in [0.717, 1.165) is 10.5 Å². The first-order chi connectivity index (χ1) is 19.3. The molecule has 0 saturated heterocycles. The van der Waals surface area contributed by atoms with Gasteiger partial charge in [-0.3, -0.25) is 14.4 Å². The molecule has 4 aromatic rings. The zero-order chi connectivity index (χ0) is 28.5. The van der Waals surface area contributed by atoms with E-state index in [1.54, 1.807) is 72.8 Å². The maximum atomic E-state index is 13.4. The molecule has 0 aromatic heterocycles. The lowest BCUT2D eigenvalue weighted by Crippen LogP contribution is -2.30. The zero-order valence-corrected chi connectivity index (χ0v) is 23.8. The molecule has 0 aliphatic carbocycles. The number of anilines is 1. The van der Waals surface area contributed by atoms with Crippen molar-refractivity contribution in [2.45, 2.75) is 24.7 Å². The molecular weight excluding hydrogens is 540 g/mol. The van der Waals surface area contributed by atoms with E-state index >= 15 is 0 Å². The Balaban J connectivity index is 1.50. The Morgan fingerprint density at radius 1 is 0.825 bits per heavy atom. The highest BCUT2D eigenvalue weighted by atomic mass is 35.5. The molecular formula is C33H29ClN2O3S. The number of amides is 2. The molecule has 202 valence electrons. The maximum absolute atomic E-state index is 13.4. The van der Waals surface area contributed by atoms with Gasteiger partial charge in [0.15, 0.2) is 5.78 Å². The van der Waals surface area contributed by atoms with Gasteiger partial charge in [-0.25, -0.2) is 0 Å². The van der Waals surface area contributed by atoms with Crippen molar-refractivity contribution in [1.29, 1.82) is 0 Å². The molecule has 0 aliphatic rings. The lowest BCUT2D eigenvalue weighted by Gasteiger charge is -2.12. The van der Waals surface area contributed by atoms with E-state index in [0.29, 0.717) is 27.8 Å². The van der Waals surface area contributed by atoms with Crippen LogP contribution in [0.5, 0.6) is 0 Å². The normalized spacial score (nSPS) is 11.2. The Kier molecular flexibility index (Phi) is 9.95. The summed E-state index contributed by atoms with van der Waals surface area (Å²) in [6.45, 7) is 4.23. The van der Waals surface area contributed by atoms with Crippen LogP contribution in [0.25, 0.3) is 6.08 Å². The van der Waals surface area contributed by atoms with Gasteiger partial charge in [-0.15, -0.1) is 11.8 Å². The second-order valence-electron chi connectivity index (χ2n) is 9.40. The van der Waals surface area contributed by atoms with Crippen LogP contribution in [-0.4, -0.2) is 23.4 Å². The minimum Gasteiger partial charge on any atom is -0.321 e. The number of hydrogen-bond donors (Lipinski definition) is 2. The van der Waals surface area contributed by atoms with Crippen LogP contribution in [-0.2, 0) is 4.79 Å². The Morgan fingerprint density at radius 3 is 2.20 bits per heavy atom. The number of nitrogens with one attached hydrogen (secondary N) is 2. The van der Waals surface area contributed by atoms with Crippen LogP contribution in [0.3, 0.4) is 0 Å². The summed E-state index contributed by atoms with van der Waals surface area (Å²) in [7, 11) is 0. The molecule has 4 aromatic carbocycles. The summed E-state index contributed by atoms with van der Waals surface area (Å²) in [5.74, 6) is -0.245. The number of hydrogen-bond acceptors (Lipinski definition) is 4. The van der Waals surface area contributed by atoms with Crippen molar-refractivity contribution in [3.8, 4) is 0 Å². The molecule has 0 unspecified atom stereocenters. The lowest BCUT2D eigenvalue weighted by atomic mass is 10.0. The number of Topliss-reactive ketones (excluding diaryl/α,β-unsaturated/α-hetero) is 1. The number of halogens is 1. The predicted molar refractivity (Wildman–Crippen MR) is 164 cm³/mol. The standard InChI is InChI=1S/C33H29ClN2O3S/c1-22(2)24-13-11-23(12-14-24)19-30(36-32(38)26-7-4-3-5-8-26)33(39)35-28-9-6-10-29(20-28)40-21-31(37)25-15-17-27(34)18-16-25/h3-20,22H,21H2,1-2H3,(H,35,39)(H,36,38)/b30-19-. The van der Waals surface area contributed by atoms with Crippen LogP contribution in [0.1, 0.15) is 51.6 Å². The van der Waals surface area contributed by atoms with Gasteiger partial charge < -0.3 is 10.6 Å². The van der Waals surface area contributed by atoms with Gasteiger partial charge in [-0.1, -0.05) is 74.0 Å². The van der Waals surface area contributed by atoms with E-state index in [1.165, 1.54) is 17.3 Å². The highest BCUT2D eigenvalue weighted by Gasteiger charge is 2.16. The summed E-state index contributed by atoms with van der Waals surface area (Å²) >= 11 is 7.29. The molecule has 2 amide bonds. The van der Waals surface area contributed by atoms with Crippen molar-refractivity contribution in [3.63, 3.8) is 0 Å². The molecule has 0 saturated carbocycles. The summed E-state index contributed by atoms with van der Waals surface area (Å²) in [6, 6.07) is 30.6. The van der Waals surface area contributed by atoms with Crippen LogP contribution in [0, 0.1) is 0 Å². The van der Waals surface area contributed by atoms with Crippen LogP contribution in [0.4, 0.5) is 5.69 Å². The van der Waals surface area contributed by atoms with Crippen molar-refractivity contribution >= 4 is 52.7 Å². The van der Waals surface area contributed by atoms with E-state index < -0.39 is 5.91 Å². The average molecular weight is 569 g/mol. The van der Waals surface area contributed by atoms with Crippen molar-refractivity contribution in [1.82, 2.24) is 5.32 Å². The molecule has 0 radical (unpaired) electrons. The van der Waals surface area contributed by atoms with Crippen LogP contribution >= 0.6 is 23.4 Å². The number of ketones is 1. The summed E-state index contributed by atoms with van der Waals surface area (Å²) in [6.07, 6.45) is 1.66. The van der Waals surface area contributed by atoms with Gasteiger partial charge in [-0.2, -0.15) is 0 Å². The molecule has 0 bridgehead atoms. The van der Waals surface area contributed by atoms with Crippen LogP contribution in [0.2, 0.25) is 5.02 Å². The second kappa shape index (κ2) is 13.8. The summed E-state index contributed by atoms with van der Waals surface area (Å²) in [5.41, 5.74) is 3.66. The molecule has 40 heavy (non-hydrogen) atoms. The minimum atomic E-state index is -0.461. The average Bonchev–Trinajstić information content (AvgIpc) is 2.97. The quantitative estimate of drug-likeness (QED) is 0.116. The fourth-order valence-electron chi connectivity index (χ4n) is 3.82. The third-order valence-corrected chi connectivity index (χ3v) is 7.32. The highest BCUT2D eigenvalue weighted by Crippen LogP contribution is 2.24. The maximum Gasteiger partial charge on any atom is 0.272 e. The third kappa shape index (κ3) is 8.18. The number of benzene rings is 4. The number of carbonyl (C=O) groups excluding carboxylic acids is 3. The predicted octanol–water partition coefficient (Wildman–Crippen LogP) is 7.85. The van der Waals surface area contributed by atoms with Gasteiger partial charge in [-0.05, 0) is 77.7 Å². The number of thioether (sulfide) groups is 1. The van der Waals surface area contributed by atoms with Gasteiger partial charge in [0.2, 0.25) is 0 Å². The molecule has 0 aliphatic heterocycles. The van der Waals surface area contributed by atoms with Crippen LogP contribution < -0.4 is 10.6 Å². The summed E-state index contributed by atoms with van der Waals surface area (Å²) < 4.78 is 0. The molecule has 4 rings (SSSR count). The Bertz CT molecular complexity index is 1520. The fourth-order valence-corrected chi connectivity index (χ4v) is 4.79. The number of rotatable bonds is 10. The molecule has 0 spiro atoms.